The number of amides is 2. The van der Waals surface area contributed by atoms with Gasteiger partial charge in [-0.1, -0.05) is 26.7 Å². The van der Waals surface area contributed by atoms with E-state index in [1.807, 2.05) is 18.7 Å². The van der Waals surface area contributed by atoms with Crippen LogP contribution in [-0.2, 0) is 14.4 Å². The minimum absolute atomic E-state index is 0.0222. The van der Waals surface area contributed by atoms with Crippen LogP contribution in [0.15, 0.2) is 0 Å². The van der Waals surface area contributed by atoms with Crippen LogP contribution in [0.4, 0.5) is 0 Å². The zero-order chi connectivity index (χ0) is 14.7. The maximum Gasteiger partial charge on any atom is 0.243 e. The molecule has 0 bridgehead atoms. The molecule has 20 heavy (non-hydrogen) atoms. The minimum Gasteiger partial charge on any atom is -0.348 e. The highest BCUT2D eigenvalue weighted by Crippen LogP contribution is 2.40. The van der Waals surface area contributed by atoms with E-state index in [9.17, 15) is 14.4 Å². The molecule has 0 aromatic heterocycles. The van der Waals surface area contributed by atoms with Gasteiger partial charge in [0.05, 0.1) is 6.54 Å². The van der Waals surface area contributed by atoms with Crippen LogP contribution < -0.4 is 5.32 Å². The summed E-state index contributed by atoms with van der Waals surface area (Å²) in [4.78, 5) is 36.9. The zero-order valence-electron chi connectivity index (χ0n) is 12.3. The molecule has 1 saturated carbocycles. The third-order valence-corrected chi connectivity index (χ3v) is 4.50. The highest BCUT2D eigenvalue weighted by atomic mass is 16.2. The lowest BCUT2D eigenvalue weighted by Gasteiger charge is -2.34. The maximum absolute atomic E-state index is 12.5. The summed E-state index contributed by atoms with van der Waals surface area (Å²) in [5.74, 6) is 0.224. The summed E-state index contributed by atoms with van der Waals surface area (Å²) in [7, 11) is 0. The summed E-state index contributed by atoms with van der Waals surface area (Å²) in [6.07, 6.45) is 5.84. The number of nitrogens with zero attached hydrogens (tertiary/aromatic N) is 1. The maximum atomic E-state index is 12.5. The van der Waals surface area contributed by atoms with Gasteiger partial charge in [0.25, 0.3) is 0 Å². The zero-order valence-corrected chi connectivity index (χ0v) is 12.3. The first-order chi connectivity index (χ1) is 9.56. The molecule has 112 valence electrons. The van der Waals surface area contributed by atoms with Gasteiger partial charge in [-0.15, -0.1) is 0 Å². The van der Waals surface area contributed by atoms with Gasteiger partial charge in [0.1, 0.15) is 12.3 Å². The summed E-state index contributed by atoms with van der Waals surface area (Å²) in [5.41, 5.74) is 0. The van der Waals surface area contributed by atoms with Crippen LogP contribution in [0.2, 0.25) is 0 Å². The van der Waals surface area contributed by atoms with Crippen molar-refractivity contribution in [2.45, 2.75) is 58.0 Å². The van der Waals surface area contributed by atoms with Crippen molar-refractivity contribution in [2.75, 3.05) is 6.54 Å². The molecule has 1 aliphatic carbocycles. The van der Waals surface area contributed by atoms with Crippen LogP contribution in [0.5, 0.6) is 0 Å². The smallest absolute Gasteiger partial charge is 0.243 e. The van der Waals surface area contributed by atoms with Crippen LogP contribution in [-0.4, -0.2) is 41.6 Å². The van der Waals surface area contributed by atoms with Crippen molar-refractivity contribution in [3.05, 3.63) is 0 Å². The van der Waals surface area contributed by atoms with Crippen molar-refractivity contribution in [3.8, 4) is 0 Å². The number of aldehydes is 1. The molecule has 2 aliphatic rings. The van der Waals surface area contributed by atoms with Gasteiger partial charge in [-0.25, -0.2) is 0 Å². The summed E-state index contributed by atoms with van der Waals surface area (Å²) in [6.45, 7) is 3.77. The van der Waals surface area contributed by atoms with E-state index in [1.165, 1.54) is 6.42 Å². The van der Waals surface area contributed by atoms with Crippen molar-refractivity contribution in [2.24, 2.45) is 11.8 Å². The van der Waals surface area contributed by atoms with Gasteiger partial charge in [-0.2, -0.15) is 0 Å². The van der Waals surface area contributed by atoms with Crippen LogP contribution in [0.3, 0.4) is 0 Å². The van der Waals surface area contributed by atoms with Crippen LogP contribution in [0, 0.1) is 11.8 Å². The van der Waals surface area contributed by atoms with Crippen LogP contribution >= 0.6 is 0 Å². The molecule has 2 amide bonds. The number of carbonyl (C=O) groups is 3. The van der Waals surface area contributed by atoms with Gasteiger partial charge in [-0.05, 0) is 25.2 Å². The Bertz CT molecular complexity index is 395. The molecule has 0 radical (unpaired) electrons. The minimum atomic E-state index is -0.391. The molecule has 1 aliphatic heterocycles. The van der Waals surface area contributed by atoms with E-state index in [0.29, 0.717) is 12.2 Å². The molecule has 5 heteroatoms. The second kappa shape index (κ2) is 6.37. The van der Waals surface area contributed by atoms with Gasteiger partial charge in [-0.3, -0.25) is 9.59 Å². The number of fused-ring (bicyclic) bond motifs is 1. The average Bonchev–Trinajstić information content (AvgIpc) is 2.83. The second-order valence-electron chi connectivity index (χ2n) is 6.18. The topological polar surface area (TPSA) is 66.5 Å². The Balaban J connectivity index is 2.17. The Morgan fingerprint density at radius 1 is 1.30 bits per heavy atom. The van der Waals surface area contributed by atoms with Crippen molar-refractivity contribution in [1.82, 2.24) is 10.2 Å². The molecule has 2 rings (SSSR count). The third kappa shape index (κ3) is 2.86. The van der Waals surface area contributed by atoms with Crippen LogP contribution in [0.1, 0.15) is 46.0 Å². The van der Waals surface area contributed by atoms with Crippen molar-refractivity contribution < 1.29 is 14.4 Å². The summed E-state index contributed by atoms with van der Waals surface area (Å²) < 4.78 is 0. The van der Waals surface area contributed by atoms with E-state index in [-0.39, 0.29) is 30.3 Å². The number of likely N-dealkylation sites (tertiary alicyclic amines) is 1. The highest BCUT2D eigenvalue weighted by molar-refractivity contribution is 5.90. The Morgan fingerprint density at radius 3 is 2.65 bits per heavy atom. The summed E-state index contributed by atoms with van der Waals surface area (Å²) in [6, 6.07) is -0.177. The first-order valence-electron chi connectivity index (χ1n) is 7.59. The lowest BCUT2D eigenvalue weighted by Crippen LogP contribution is -2.51. The van der Waals surface area contributed by atoms with E-state index >= 15 is 0 Å². The number of hydrogen-bond acceptors (Lipinski definition) is 3. The number of carbonyl (C=O) groups excluding carboxylic acids is 3. The molecule has 1 heterocycles. The van der Waals surface area contributed by atoms with E-state index in [1.54, 1.807) is 0 Å². The highest BCUT2D eigenvalue weighted by Gasteiger charge is 2.47. The average molecular weight is 280 g/mol. The Hall–Kier alpha value is -1.39. The number of hydrogen-bond donors (Lipinski definition) is 1. The van der Waals surface area contributed by atoms with Gasteiger partial charge in [0.15, 0.2) is 0 Å². The van der Waals surface area contributed by atoms with Gasteiger partial charge in [0.2, 0.25) is 11.8 Å². The molecule has 1 N–H and O–H groups in total. The molecular formula is C15H24N2O3. The lowest BCUT2D eigenvalue weighted by atomic mass is 9.84. The van der Waals surface area contributed by atoms with Crippen LogP contribution in [0.25, 0.3) is 0 Å². The van der Waals surface area contributed by atoms with Gasteiger partial charge >= 0.3 is 0 Å². The van der Waals surface area contributed by atoms with E-state index in [0.717, 1.165) is 25.7 Å². The quantitative estimate of drug-likeness (QED) is 0.785. The van der Waals surface area contributed by atoms with E-state index in [2.05, 4.69) is 5.32 Å². The molecular weight excluding hydrogens is 256 g/mol. The van der Waals surface area contributed by atoms with Crippen molar-refractivity contribution >= 4 is 18.1 Å². The standard InChI is InChI=1S/C15H24N2O3/c1-10(2)15(20)17-12-6-4-3-5-11(12)9-13(17)14(19)16-7-8-18/h8,10-13H,3-7,9H2,1-2H3,(H,16,19)/t11-,12-,13?/m0/s1. The fraction of sp³-hybridized carbons (Fsp3) is 0.800. The lowest BCUT2D eigenvalue weighted by molar-refractivity contribution is -0.143. The molecule has 1 unspecified atom stereocenters. The van der Waals surface area contributed by atoms with E-state index in [4.69, 9.17) is 0 Å². The first kappa shape index (κ1) is 15.0. The van der Waals surface area contributed by atoms with Crippen molar-refractivity contribution in [3.63, 3.8) is 0 Å². The normalized spacial score (nSPS) is 29.1. The van der Waals surface area contributed by atoms with Gasteiger partial charge in [0, 0.05) is 12.0 Å². The summed E-state index contributed by atoms with van der Waals surface area (Å²) >= 11 is 0. The monoisotopic (exact) mass is 280 g/mol. The predicted octanol–water partition coefficient (Wildman–Crippen LogP) is 1.12. The largest absolute Gasteiger partial charge is 0.348 e. The number of rotatable bonds is 4. The second-order valence-corrected chi connectivity index (χ2v) is 6.18. The molecule has 0 spiro atoms. The van der Waals surface area contributed by atoms with Crippen molar-refractivity contribution in [1.29, 1.82) is 0 Å². The Labute approximate surface area is 120 Å². The molecule has 0 aromatic carbocycles. The SMILES string of the molecule is CC(C)C(=O)N1C(C(=O)NCC=O)C[C@@H]2CCCC[C@@H]21. The molecule has 0 aromatic rings. The van der Waals surface area contributed by atoms with Gasteiger partial charge < -0.3 is 15.0 Å². The van der Waals surface area contributed by atoms with E-state index < -0.39 is 6.04 Å². The molecule has 1 saturated heterocycles. The Morgan fingerprint density at radius 2 is 2.00 bits per heavy atom. The predicted molar refractivity (Wildman–Crippen MR) is 74.9 cm³/mol. The molecule has 2 fully saturated rings. The summed E-state index contributed by atoms with van der Waals surface area (Å²) in [5, 5.41) is 2.61. The molecule has 5 nitrogen and oxygen atoms in total. The first-order valence-corrected chi connectivity index (χ1v) is 7.59. The molecule has 3 atom stereocenters. The third-order valence-electron chi connectivity index (χ3n) is 4.50. The fourth-order valence-electron chi connectivity index (χ4n) is 3.57. The fourth-order valence-corrected chi connectivity index (χ4v) is 3.57. The number of nitrogens with one attached hydrogen (secondary N) is 1. The Kier molecular flexibility index (Phi) is 4.78.